The normalized spacial score (nSPS) is 10.3. The van der Waals surface area contributed by atoms with Gasteiger partial charge in [-0.3, -0.25) is 4.79 Å². The summed E-state index contributed by atoms with van der Waals surface area (Å²) < 4.78 is 14.8. The average Bonchev–Trinajstić information content (AvgIpc) is 2.37. The van der Waals surface area contributed by atoms with Gasteiger partial charge in [0.1, 0.15) is 11.5 Å². The van der Waals surface area contributed by atoms with Crippen LogP contribution in [0.1, 0.15) is 12.0 Å². The lowest BCUT2D eigenvalue weighted by Crippen LogP contribution is -1.96. The van der Waals surface area contributed by atoms with E-state index in [-0.39, 0.29) is 12.4 Å². The van der Waals surface area contributed by atoms with Crippen molar-refractivity contribution in [1.29, 1.82) is 0 Å². The van der Waals surface area contributed by atoms with E-state index in [0.29, 0.717) is 11.5 Å². The molecule has 0 aliphatic heterocycles. The first-order valence-corrected chi connectivity index (χ1v) is 5.16. The molecule has 0 amide bonds. The van der Waals surface area contributed by atoms with Crippen LogP contribution in [-0.4, -0.2) is 27.3 Å². The van der Waals surface area contributed by atoms with Crippen molar-refractivity contribution in [3.63, 3.8) is 0 Å². The quantitative estimate of drug-likeness (QED) is 0.736. The first-order valence-electron chi connectivity index (χ1n) is 5.16. The van der Waals surface area contributed by atoms with Crippen LogP contribution in [0.5, 0.6) is 11.5 Å². The summed E-state index contributed by atoms with van der Waals surface area (Å²) in [6.07, 6.45) is 3.80. The first-order chi connectivity index (χ1) is 8.19. The van der Waals surface area contributed by atoms with Gasteiger partial charge in [0.05, 0.1) is 27.8 Å². The van der Waals surface area contributed by atoms with Crippen LogP contribution < -0.4 is 9.47 Å². The summed E-state index contributed by atoms with van der Waals surface area (Å²) in [5, 5.41) is 0. The summed E-state index contributed by atoms with van der Waals surface area (Å²) in [5.74, 6) is 1.15. The summed E-state index contributed by atoms with van der Waals surface area (Å²) in [7, 11) is 4.55. The molecule has 1 aromatic rings. The lowest BCUT2D eigenvalue weighted by Gasteiger charge is -2.05. The van der Waals surface area contributed by atoms with Crippen LogP contribution in [-0.2, 0) is 9.53 Å². The van der Waals surface area contributed by atoms with E-state index < -0.39 is 0 Å². The fraction of sp³-hybridized carbons (Fsp3) is 0.308. The number of methoxy groups -OCH3 is 3. The molecule has 0 radical (unpaired) electrons. The molecule has 4 nitrogen and oxygen atoms in total. The standard InChI is InChI=1S/C13H16O4/c1-15-11-7-10(8-12(9-11)16-2)5-4-6-13(14)17-3/h4-5,7-9H,6H2,1-3H3. The molecule has 17 heavy (non-hydrogen) atoms. The second-order valence-corrected chi connectivity index (χ2v) is 3.33. The Bertz CT molecular complexity index is 388. The van der Waals surface area contributed by atoms with Crippen LogP contribution in [0.2, 0.25) is 0 Å². The molecular formula is C13H16O4. The number of hydrogen-bond acceptors (Lipinski definition) is 4. The van der Waals surface area contributed by atoms with Gasteiger partial charge in [0, 0.05) is 6.07 Å². The Kier molecular flexibility index (Phi) is 5.07. The number of esters is 1. The number of ether oxygens (including phenoxy) is 3. The maximum Gasteiger partial charge on any atom is 0.309 e. The van der Waals surface area contributed by atoms with Crippen molar-refractivity contribution in [3.05, 3.63) is 29.8 Å². The van der Waals surface area contributed by atoms with Gasteiger partial charge in [0.2, 0.25) is 0 Å². The highest BCUT2D eigenvalue weighted by Crippen LogP contribution is 2.23. The van der Waals surface area contributed by atoms with Crippen molar-refractivity contribution < 1.29 is 19.0 Å². The molecule has 0 saturated carbocycles. The zero-order valence-electron chi connectivity index (χ0n) is 10.2. The molecule has 0 fully saturated rings. The third-order valence-electron chi connectivity index (χ3n) is 2.20. The topological polar surface area (TPSA) is 44.8 Å². The van der Waals surface area contributed by atoms with Crippen molar-refractivity contribution in [2.45, 2.75) is 6.42 Å². The summed E-state index contributed by atoms with van der Waals surface area (Å²) in [6, 6.07) is 5.50. The Morgan fingerprint density at radius 3 is 2.18 bits per heavy atom. The van der Waals surface area contributed by atoms with Gasteiger partial charge in [-0.05, 0) is 17.7 Å². The van der Waals surface area contributed by atoms with Crippen molar-refractivity contribution in [3.8, 4) is 11.5 Å². The summed E-state index contributed by atoms with van der Waals surface area (Å²) in [6.45, 7) is 0. The van der Waals surface area contributed by atoms with Crippen LogP contribution >= 0.6 is 0 Å². The Labute approximate surface area is 101 Å². The van der Waals surface area contributed by atoms with Gasteiger partial charge >= 0.3 is 5.97 Å². The number of benzene rings is 1. The van der Waals surface area contributed by atoms with Gasteiger partial charge in [-0.2, -0.15) is 0 Å². The van der Waals surface area contributed by atoms with Crippen LogP contribution in [0.3, 0.4) is 0 Å². The number of hydrogen-bond donors (Lipinski definition) is 0. The van der Waals surface area contributed by atoms with Gasteiger partial charge in [0.25, 0.3) is 0 Å². The summed E-state index contributed by atoms with van der Waals surface area (Å²) in [4.78, 5) is 10.9. The minimum absolute atomic E-state index is 0.246. The third kappa shape index (κ3) is 4.18. The lowest BCUT2D eigenvalue weighted by molar-refractivity contribution is -0.139. The highest BCUT2D eigenvalue weighted by atomic mass is 16.5. The molecule has 0 spiro atoms. The van der Waals surface area contributed by atoms with Gasteiger partial charge < -0.3 is 14.2 Å². The zero-order chi connectivity index (χ0) is 12.7. The average molecular weight is 236 g/mol. The second kappa shape index (κ2) is 6.58. The molecule has 0 bridgehead atoms. The molecule has 1 aromatic carbocycles. The summed E-state index contributed by atoms with van der Waals surface area (Å²) in [5.41, 5.74) is 0.908. The number of carbonyl (C=O) groups excluding carboxylic acids is 1. The Morgan fingerprint density at radius 2 is 1.71 bits per heavy atom. The van der Waals surface area contributed by atoms with Gasteiger partial charge in [-0.25, -0.2) is 0 Å². The SMILES string of the molecule is COC(=O)CC=Cc1cc(OC)cc(OC)c1. The molecular weight excluding hydrogens is 220 g/mol. The molecule has 0 saturated heterocycles. The van der Waals surface area contributed by atoms with Crippen molar-refractivity contribution in [2.24, 2.45) is 0 Å². The molecule has 0 heterocycles. The van der Waals surface area contributed by atoms with Gasteiger partial charge in [0.15, 0.2) is 0 Å². The number of rotatable bonds is 5. The van der Waals surface area contributed by atoms with Gasteiger partial charge in [-0.15, -0.1) is 0 Å². The van der Waals surface area contributed by atoms with Crippen molar-refractivity contribution in [2.75, 3.05) is 21.3 Å². The maximum absolute atomic E-state index is 10.9. The molecule has 0 unspecified atom stereocenters. The number of carbonyl (C=O) groups is 1. The molecule has 0 atom stereocenters. The molecule has 4 heteroatoms. The largest absolute Gasteiger partial charge is 0.497 e. The molecule has 0 N–H and O–H groups in total. The predicted molar refractivity (Wildman–Crippen MR) is 65.2 cm³/mol. The van der Waals surface area contributed by atoms with Crippen molar-refractivity contribution in [1.82, 2.24) is 0 Å². The Balaban J connectivity index is 2.79. The fourth-order valence-corrected chi connectivity index (χ4v) is 1.30. The van der Waals surface area contributed by atoms with Crippen LogP contribution in [0.15, 0.2) is 24.3 Å². The smallest absolute Gasteiger partial charge is 0.309 e. The zero-order valence-corrected chi connectivity index (χ0v) is 10.2. The Morgan fingerprint density at radius 1 is 1.12 bits per heavy atom. The third-order valence-corrected chi connectivity index (χ3v) is 2.20. The molecule has 1 rings (SSSR count). The lowest BCUT2D eigenvalue weighted by atomic mass is 10.1. The maximum atomic E-state index is 10.9. The van der Waals surface area contributed by atoms with E-state index in [0.717, 1.165) is 5.56 Å². The monoisotopic (exact) mass is 236 g/mol. The van der Waals surface area contributed by atoms with Crippen LogP contribution in [0, 0.1) is 0 Å². The van der Waals surface area contributed by atoms with Crippen LogP contribution in [0.4, 0.5) is 0 Å². The van der Waals surface area contributed by atoms with Crippen LogP contribution in [0.25, 0.3) is 6.08 Å². The highest BCUT2D eigenvalue weighted by Gasteiger charge is 2.00. The van der Waals surface area contributed by atoms with Crippen molar-refractivity contribution >= 4 is 12.0 Å². The molecule has 0 aliphatic rings. The first kappa shape index (κ1) is 13.1. The fourth-order valence-electron chi connectivity index (χ4n) is 1.30. The van der Waals surface area contributed by atoms with E-state index in [9.17, 15) is 4.79 Å². The molecule has 0 aromatic heterocycles. The Hall–Kier alpha value is -1.97. The minimum atomic E-state index is -0.267. The highest BCUT2D eigenvalue weighted by molar-refractivity contribution is 5.72. The second-order valence-electron chi connectivity index (χ2n) is 3.33. The molecule has 0 aliphatic carbocycles. The molecule has 92 valence electrons. The minimum Gasteiger partial charge on any atom is -0.497 e. The summed E-state index contributed by atoms with van der Waals surface area (Å²) >= 11 is 0. The van der Waals surface area contributed by atoms with E-state index in [4.69, 9.17) is 9.47 Å². The van der Waals surface area contributed by atoms with E-state index in [2.05, 4.69) is 4.74 Å². The van der Waals surface area contributed by atoms with Gasteiger partial charge in [-0.1, -0.05) is 12.2 Å². The van der Waals surface area contributed by atoms with E-state index in [1.54, 1.807) is 26.4 Å². The van der Waals surface area contributed by atoms with E-state index in [1.807, 2.05) is 18.2 Å². The predicted octanol–water partition coefficient (Wildman–Crippen LogP) is 2.28. The van der Waals surface area contributed by atoms with E-state index >= 15 is 0 Å². The van der Waals surface area contributed by atoms with E-state index in [1.165, 1.54) is 7.11 Å².